The number of carbonyl (C=O) groups excluding carboxylic acids is 2. The first-order valence-electron chi connectivity index (χ1n) is 7.47. The minimum Gasteiger partial charge on any atom is -0.465 e. The number of benzene rings is 1. The van der Waals surface area contributed by atoms with Crippen LogP contribution in [0, 0.1) is 5.92 Å². The van der Waals surface area contributed by atoms with E-state index in [1.807, 2.05) is 12.1 Å². The molecule has 24 heavy (non-hydrogen) atoms. The molecule has 4 rings (SSSR count). The lowest BCUT2D eigenvalue weighted by atomic mass is 9.80. The smallest absolute Gasteiger partial charge is 0.320 e. The Kier molecular flexibility index (Phi) is 3.73. The van der Waals surface area contributed by atoms with E-state index in [0.717, 1.165) is 21.8 Å². The van der Waals surface area contributed by atoms with E-state index in [9.17, 15) is 14.4 Å². The monoisotopic (exact) mass is 363 g/mol. The van der Waals surface area contributed by atoms with Gasteiger partial charge in [0.1, 0.15) is 11.0 Å². The molecule has 3 heterocycles. The highest BCUT2D eigenvalue weighted by Crippen LogP contribution is 2.53. The molecule has 0 fully saturated rings. The van der Waals surface area contributed by atoms with E-state index in [1.54, 1.807) is 19.1 Å². The van der Waals surface area contributed by atoms with Crippen LogP contribution in [0.2, 0.25) is 0 Å². The fourth-order valence-electron chi connectivity index (χ4n) is 3.18. The van der Waals surface area contributed by atoms with E-state index in [2.05, 4.69) is 4.98 Å². The summed E-state index contributed by atoms with van der Waals surface area (Å²) in [6.45, 7) is 1.95. The van der Waals surface area contributed by atoms with E-state index >= 15 is 0 Å². The molecule has 0 spiro atoms. The van der Waals surface area contributed by atoms with Gasteiger partial charge in [0.25, 0.3) is 0 Å². The molecule has 1 aromatic carbocycles. The molecular formula is C16H13NO5S2. The molecular weight excluding hydrogens is 350 g/mol. The van der Waals surface area contributed by atoms with Gasteiger partial charge in [-0.3, -0.25) is 14.4 Å². The van der Waals surface area contributed by atoms with E-state index in [1.165, 1.54) is 11.8 Å². The molecule has 0 unspecified atom stereocenters. The van der Waals surface area contributed by atoms with Gasteiger partial charge in [0.2, 0.25) is 0 Å². The van der Waals surface area contributed by atoms with Gasteiger partial charge >= 0.3 is 16.8 Å². The zero-order valence-electron chi connectivity index (χ0n) is 12.6. The van der Waals surface area contributed by atoms with E-state index in [4.69, 9.17) is 9.47 Å². The molecule has 1 aromatic heterocycles. The molecule has 0 aliphatic carbocycles. The van der Waals surface area contributed by atoms with Gasteiger partial charge in [-0.15, -0.1) is 0 Å². The van der Waals surface area contributed by atoms with Gasteiger partial charge in [0.05, 0.1) is 17.6 Å². The molecule has 2 aromatic rings. The van der Waals surface area contributed by atoms with Gasteiger partial charge in [-0.1, -0.05) is 41.3 Å². The Balaban J connectivity index is 1.90. The highest BCUT2D eigenvalue weighted by atomic mass is 32.2. The molecule has 124 valence electrons. The second-order valence-corrected chi connectivity index (χ2v) is 7.63. The van der Waals surface area contributed by atoms with Crippen molar-refractivity contribution in [1.29, 1.82) is 0 Å². The van der Waals surface area contributed by atoms with Crippen molar-refractivity contribution in [2.75, 3.05) is 6.61 Å². The van der Waals surface area contributed by atoms with Crippen molar-refractivity contribution in [3.63, 3.8) is 0 Å². The number of hydrogen-bond acceptors (Lipinski definition) is 7. The number of rotatable bonds is 2. The van der Waals surface area contributed by atoms with Crippen LogP contribution in [0.1, 0.15) is 23.3 Å². The normalized spacial score (nSPS) is 24.4. The number of carbonyl (C=O) groups is 2. The van der Waals surface area contributed by atoms with Crippen molar-refractivity contribution < 1.29 is 19.1 Å². The van der Waals surface area contributed by atoms with Crippen molar-refractivity contribution in [3.05, 3.63) is 44.4 Å². The highest BCUT2D eigenvalue weighted by molar-refractivity contribution is 8.00. The fraction of sp³-hybridized carbons (Fsp3) is 0.312. The third kappa shape index (κ3) is 2.29. The molecule has 3 atom stereocenters. The van der Waals surface area contributed by atoms with Crippen molar-refractivity contribution in [2.45, 2.75) is 23.1 Å². The predicted molar refractivity (Wildman–Crippen MR) is 88.6 cm³/mol. The first kappa shape index (κ1) is 15.5. The lowest BCUT2D eigenvalue weighted by Crippen LogP contribution is -2.44. The molecule has 2 aliphatic heterocycles. The molecule has 0 radical (unpaired) electrons. The molecule has 2 aliphatic rings. The Morgan fingerprint density at radius 1 is 1.33 bits per heavy atom. The van der Waals surface area contributed by atoms with Gasteiger partial charge in [-0.25, -0.2) is 0 Å². The number of H-pyrrole nitrogens is 1. The zero-order valence-corrected chi connectivity index (χ0v) is 14.2. The lowest BCUT2D eigenvalue weighted by molar-refractivity contribution is -0.150. The van der Waals surface area contributed by atoms with Crippen LogP contribution in [-0.2, 0) is 14.3 Å². The Morgan fingerprint density at radius 2 is 2.12 bits per heavy atom. The second-order valence-electron chi connectivity index (χ2n) is 5.46. The topological polar surface area (TPSA) is 85.5 Å². The number of aromatic nitrogens is 1. The van der Waals surface area contributed by atoms with Crippen LogP contribution < -0.4 is 9.61 Å². The summed E-state index contributed by atoms with van der Waals surface area (Å²) in [5.41, 5.74) is 0.813. The van der Waals surface area contributed by atoms with Gasteiger partial charge < -0.3 is 14.5 Å². The summed E-state index contributed by atoms with van der Waals surface area (Å²) in [7, 11) is 0. The maximum atomic E-state index is 12.6. The summed E-state index contributed by atoms with van der Waals surface area (Å²) < 4.78 is 10.6. The fourth-order valence-corrected chi connectivity index (χ4v) is 5.64. The third-order valence-corrected chi connectivity index (χ3v) is 6.50. The number of aromatic amines is 1. The highest BCUT2D eigenvalue weighted by Gasteiger charge is 2.52. The molecule has 6 nitrogen and oxygen atoms in total. The van der Waals surface area contributed by atoms with Crippen LogP contribution in [0.3, 0.4) is 0 Å². The summed E-state index contributed by atoms with van der Waals surface area (Å²) >= 11 is 2.25. The summed E-state index contributed by atoms with van der Waals surface area (Å²) in [6, 6.07) is 7.23. The number of para-hydroxylation sites is 1. The molecule has 0 saturated carbocycles. The number of thiazole rings is 1. The van der Waals surface area contributed by atoms with Crippen LogP contribution in [0.25, 0.3) is 0 Å². The summed E-state index contributed by atoms with van der Waals surface area (Å²) in [6.07, 6.45) is 0. The average molecular weight is 363 g/mol. The molecule has 8 heteroatoms. The van der Waals surface area contributed by atoms with E-state index in [0.29, 0.717) is 10.8 Å². The summed E-state index contributed by atoms with van der Waals surface area (Å²) in [5, 5.41) is -0.109. The number of thioether (sulfide) groups is 1. The number of hydrogen-bond donors (Lipinski definition) is 1. The van der Waals surface area contributed by atoms with Gasteiger partial charge in [0, 0.05) is 16.4 Å². The lowest BCUT2D eigenvalue weighted by Gasteiger charge is -2.37. The second kappa shape index (κ2) is 5.78. The Morgan fingerprint density at radius 3 is 2.92 bits per heavy atom. The zero-order chi connectivity index (χ0) is 16.8. The van der Waals surface area contributed by atoms with Crippen LogP contribution in [0.5, 0.6) is 5.75 Å². The Labute approximate surface area is 145 Å². The largest absolute Gasteiger partial charge is 0.465 e. The predicted octanol–water partition coefficient (Wildman–Crippen LogP) is 2.14. The number of esters is 2. The molecule has 0 amide bonds. The maximum Gasteiger partial charge on any atom is 0.320 e. The number of ether oxygens (including phenoxy) is 2. The first-order valence-corrected chi connectivity index (χ1v) is 9.16. The first-order chi connectivity index (χ1) is 11.6. The van der Waals surface area contributed by atoms with E-state index < -0.39 is 23.1 Å². The van der Waals surface area contributed by atoms with Crippen molar-refractivity contribution in [3.8, 4) is 5.75 Å². The molecule has 0 saturated heterocycles. The third-order valence-electron chi connectivity index (χ3n) is 4.11. The molecule has 1 N–H and O–H groups in total. The Bertz CT molecular complexity index is 887. The van der Waals surface area contributed by atoms with Crippen LogP contribution >= 0.6 is 23.1 Å². The quantitative estimate of drug-likeness (QED) is 0.650. The van der Waals surface area contributed by atoms with Crippen LogP contribution in [0.15, 0.2) is 34.1 Å². The van der Waals surface area contributed by atoms with Gasteiger partial charge in [-0.2, -0.15) is 0 Å². The van der Waals surface area contributed by atoms with Gasteiger partial charge in [-0.05, 0) is 13.0 Å². The number of nitrogens with one attached hydrogen (secondary N) is 1. The van der Waals surface area contributed by atoms with Crippen LogP contribution in [-0.4, -0.2) is 28.8 Å². The Hall–Kier alpha value is -2.06. The van der Waals surface area contributed by atoms with Gasteiger partial charge in [0.15, 0.2) is 0 Å². The summed E-state index contributed by atoms with van der Waals surface area (Å²) in [4.78, 5) is 40.2. The summed E-state index contributed by atoms with van der Waals surface area (Å²) in [5.74, 6) is -1.53. The molecule has 0 bridgehead atoms. The average Bonchev–Trinajstić information content (AvgIpc) is 2.94. The minimum absolute atomic E-state index is 0.202. The van der Waals surface area contributed by atoms with Crippen LogP contribution in [0.4, 0.5) is 0 Å². The van der Waals surface area contributed by atoms with Crippen molar-refractivity contribution >= 4 is 35.0 Å². The SMILES string of the molecule is CCOC(=O)[C@H]1Sc2[nH]c(=O)sc2[C@@H]2c3ccccc3OC(=O)[C@@H]21. The standard InChI is InChI=1S/C16H13NO5S2/c1-2-21-15(19)12-10-9(11-13(23-12)17-16(20)24-11)7-5-3-4-6-8(7)22-14(10)18/h3-6,9-10,12H,2H2,1H3,(H,17,20)/t9-,10+,12+/m1/s1. The minimum atomic E-state index is -0.742. The maximum absolute atomic E-state index is 12.6. The number of fused-ring (bicyclic) bond motifs is 5. The van der Waals surface area contributed by atoms with Crippen molar-refractivity contribution in [2.24, 2.45) is 5.92 Å². The van der Waals surface area contributed by atoms with E-state index in [-0.39, 0.29) is 17.4 Å². The van der Waals surface area contributed by atoms with Crippen molar-refractivity contribution in [1.82, 2.24) is 4.98 Å².